The van der Waals surface area contributed by atoms with Crippen LogP contribution in [-0.4, -0.2) is 146 Å². The molecule has 0 radical (unpaired) electrons. The van der Waals surface area contributed by atoms with E-state index >= 15 is 0 Å². The molecule has 0 amide bonds. The number of allylic oxidation sites excluding steroid dienone is 1. The quantitative estimate of drug-likeness (QED) is 0.0310. The number of cyclic esters (lactones) is 1. The Morgan fingerprint density at radius 3 is 2.20 bits per heavy atom. The summed E-state index contributed by atoms with van der Waals surface area (Å²) in [5, 5.41) is 79.4. The van der Waals surface area contributed by atoms with Gasteiger partial charge in [0.05, 0.1) is 31.0 Å². The fraction of sp³-hybridized carbons (Fsp3) is 0.927. The summed E-state index contributed by atoms with van der Waals surface area (Å²) in [6.07, 6.45) is -11.5. The minimum absolute atomic E-state index is 0. The maximum atomic E-state index is 14.4. The summed E-state index contributed by atoms with van der Waals surface area (Å²) in [5.41, 5.74) is -6.15. The zero-order chi connectivity index (χ0) is 43.6. The molecule has 0 bridgehead atoms. The van der Waals surface area contributed by atoms with Gasteiger partial charge in [-0.05, 0) is 99.2 Å². The van der Waals surface area contributed by atoms with Crippen LogP contribution in [0.4, 0.5) is 0 Å². The van der Waals surface area contributed by atoms with E-state index in [0.29, 0.717) is 44.9 Å². The molecular weight excluding hydrogens is 819 g/mol. The average Bonchev–Trinajstić information content (AvgIpc) is 3.51. The van der Waals surface area contributed by atoms with Crippen molar-refractivity contribution in [2.24, 2.45) is 39.4 Å². The second kappa shape index (κ2) is 16.5. The van der Waals surface area contributed by atoms with E-state index in [-0.39, 0.29) is 53.7 Å². The zero-order valence-electron chi connectivity index (χ0n) is 36.2. The molecule has 0 aromatic heterocycles. The van der Waals surface area contributed by atoms with Crippen LogP contribution in [0.5, 0.6) is 0 Å². The van der Waals surface area contributed by atoms with Gasteiger partial charge < -0.3 is 64.0 Å². The molecule has 19 atom stereocenters. The van der Waals surface area contributed by atoms with Crippen molar-refractivity contribution in [3.05, 3.63) is 11.6 Å². The van der Waals surface area contributed by atoms with E-state index in [9.17, 15) is 53.5 Å². The van der Waals surface area contributed by atoms with Gasteiger partial charge in [-0.2, -0.15) is 0 Å². The molecule has 3 aliphatic heterocycles. The van der Waals surface area contributed by atoms with Gasteiger partial charge in [0.15, 0.2) is 18.2 Å². The molecule has 338 valence electrons. The number of esters is 1. The normalized spacial score (nSPS) is 50.4. The van der Waals surface area contributed by atoms with Gasteiger partial charge in [0.25, 0.3) is 0 Å². The third-order valence-electron chi connectivity index (χ3n) is 16.5. The number of carbonyl (C=O) groups excluding carboxylic acids is 1. The van der Waals surface area contributed by atoms with Gasteiger partial charge in [-0.3, -0.25) is 8.98 Å². The molecular formula is C41H65NaO17S. The number of carbonyl (C=O) groups is 1. The minimum atomic E-state index is -5.30. The van der Waals surface area contributed by atoms with Gasteiger partial charge >= 0.3 is 35.5 Å². The van der Waals surface area contributed by atoms with Crippen molar-refractivity contribution in [1.82, 2.24) is 0 Å². The van der Waals surface area contributed by atoms with Crippen LogP contribution in [0, 0.1) is 39.4 Å². The molecule has 3 saturated carbocycles. The maximum absolute atomic E-state index is 14.4. The molecule has 3 saturated heterocycles. The predicted octanol–water partition coefficient (Wildman–Crippen LogP) is -2.07. The van der Waals surface area contributed by atoms with E-state index in [0.717, 1.165) is 5.57 Å². The molecule has 60 heavy (non-hydrogen) atoms. The minimum Gasteiger partial charge on any atom is -0.726 e. The van der Waals surface area contributed by atoms with Crippen LogP contribution < -0.4 is 29.6 Å². The SMILES string of the molecule is CC(C)CCC(O)[C@]1(C)OC(=O)C23[C@@H](O)C=C4C(CCC5C4(C)CCC(O[C@@H]4OC[C@@H](OS(=O)(=O)[O-])C(O)C4O[C@@H]4OC(C)[C@@H](O)C(O)C4O)C5(C)C)[C@]2(C)CC[C@@]31O.[Na+]. The Hall–Kier alpha value is -0.360. The summed E-state index contributed by atoms with van der Waals surface area (Å²) >= 11 is 0. The van der Waals surface area contributed by atoms with Gasteiger partial charge in [0, 0.05) is 0 Å². The van der Waals surface area contributed by atoms with E-state index < -0.39 is 129 Å². The first-order valence-corrected chi connectivity index (χ1v) is 22.5. The summed E-state index contributed by atoms with van der Waals surface area (Å²) in [6.45, 7) is 14.8. The molecule has 4 aliphatic carbocycles. The molecule has 1 spiro atoms. The molecule has 6 fully saturated rings. The monoisotopic (exact) mass is 884 g/mol. The van der Waals surface area contributed by atoms with Crippen molar-refractivity contribution in [3.8, 4) is 0 Å². The number of fused-ring (bicyclic) bond motifs is 4. The first kappa shape index (κ1) is 49.1. The summed E-state index contributed by atoms with van der Waals surface area (Å²) < 4.78 is 69.3. The molecule has 7 aliphatic rings. The van der Waals surface area contributed by atoms with Crippen LogP contribution in [-0.2, 0) is 43.1 Å². The van der Waals surface area contributed by atoms with E-state index in [1.165, 1.54) is 6.92 Å². The second-order valence-electron chi connectivity index (χ2n) is 20.2. The Balaban J connectivity index is 0.00000604. The Labute approximate surface area is 374 Å². The van der Waals surface area contributed by atoms with Crippen molar-refractivity contribution in [2.75, 3.05) is 6.61 Å². The fourth-order valence-corrected chi connectivity index (χ4v) is 13.6. The van der Waals surface area contributed by atoms with Crippen LogP contribution in [0.1, 0.15) is 107 Å². The zero-order valence-corrected chi connectivity index (χ0v) is 39.0. The Kier molecular flexibility index (Phi) is 13.5. The summed E-state index contributed by atoms with van der Waals surface area (Å²) in [5.74, 6) is -0.657. The predicted molar refractivity (Wildman–Crippen MR) is 203 cm³/mol. The molecule has 3 heterocycles. The van der Waals surface area contributed by atoms with Gasteiger partial charge in [0.1, 0.15) is 47.6 Å². The van der Waals surface area contributed by atoms with Gasteiger partial charge in [-0.25, -0.2) is 8.42 Å². The first-order chi connectivity index (χ1) is 27.2. The summed E-state index contributed by atoms with van der Waals surface area (Å²) in [4.78, 5) is 14.4. The number of hydrogen-bond acceptors (Lipinski definition) is 17. The Bertz CT molecular complexity index is 1760. The van der Waals surface area contributed by atoms with Gasteiger partial charge in [0.2, 0.25) is 10.4 Å². The standard InChI is InChI=1S/C41H66O17S.Na/c1-19(2)9-12-25(42)39(8)40(49)16-15-38(7)21-10-11-24-36(4,5)27(13-14-37(24,6)22(21)17-26(43)41(38,40)35(48)57-39)55-34-32(29(45)23(18-53-34)58-59(50,51)52)56-33-31(47)30(46)28(44)20(3)54-33;/h17,19-21,23-34,42-47,49H,9-16,18H2,1-8H3,(H,50,51,52);/q;+1/p-1/t20?,21?,23-,24?,25?,26+,27?,28-,29?,30?,31?,32?,33+,34+,37?,38+,39+,40+,41?;/m1./s1. The summed E-state index contributed by atoms with van der Waals surface area (Å²) in [7, 11) is -5.30. The van der Waals surface area contributed by atoms with E-state index in [1.54, 1.807) is 13.0 Å². The van der Waals surface area contributed by atoms with Gasteiger partial charge in [-0.15, -0.1) is 0 Å². The average molecular weight is 885 g/mol. The van der Waals surface area contributed by atoms with E-state index in [1.807, 2.05) is 34.6 Å². The Morgan fingerprint density at radius 2 is 1.57 bits per heavy atom. The van der Waals surface area contributed by atoms with Crippen molar-refractivity contribution in [2.45, 2.75) is 192 Å². The third-order valence-corrected chi connectivity index (χ3v) is 16.9. The molecule has 7 N–H and O–H groups in total. The van der Waals surface area contributed by atoms with Gasteiger partial charge in [-0.1, -0.05) is 53.2 Å². The van der Waals surface area contributed by atoms with Crippen LogP contribution >= 0.6 is 0 Å². The van der Waals surface area contributed by atoms with Crippen LogP contribution in [0.25, 0.3) is 0 Å². The molecule has 7 rings (SSSR count). The first-order valence-electron chi connectivity index (χ1n) is 21.2. The summed E-state index contributed by atoms with van der Waals surface area (Å²) in [6, 6.07) is 0. The molecule has 0 aromatic carbocycles. The smallest absolute Gasteiger partial charge is 0.726 e. The molecule has 0 aromatic rings. The van der Waals surface area contributed by atoms with E-state index in [4.69, 9.17) is 23.7 Å². The van der Waals surface area contributed by atoms with E-state index in [2.05, 4.69) is 11.1 Å². The number of aliphatic hydroxyl groups is 7. The largest absolute Gasteiger partial charge is 1.00 e. The van der Waals surface area contributed by atoms with Crippen molar-refractivity contribution in [3.63, 3.8) is 0 Å². The number of rotatable bonds is 10. The number of hydrogen-bond donors (Lipinski definition) is 7. The van der Waals surface area contributed by atoms with Crippen LogP contribution in [0.2, 0.25) is 0 Å². The van der Waals surface area contributed by atoms with Crippen LogP contribution in [0.3, 0.4) is 0 Å². The Morgan fingerprint density at radius 1 is 0.900 bits per heavy atom. The molecule has 11 unspecified atom stereocenters. The molecule has 19 heteroatoms. The number of ether oxygens (including phenoxy) is 5. The topological polar surface area (TPSA) is 271 Å². The molecule has 17 nitrogen and oxygen atoms in total. The van der Waals surface area contributed by atoms with Crippen molar-refractivity contribution >= 4 is 16.4 Å². The van der Waals surface area contributed by atoms with Crippen molar-refractivity contribution in [1.29, 1.82) is 0 Å². The maximum Gasteiger partial charge on any atom is 1.00 e. The fourth-order valence-electron chi connectivity index (χ4n) is 13.1. The second-order valence-corrected chi connectivity index (χ2v) is 21.2. The van der Waals surface area contributed by atoms with Crippen molar-refractivity contribution < 1.29 is 111 Å². The number of aliphatic hydroxyl groups excluding tert-OH is 6. The van der Waals surface area contributed by atoms with Crippen LogP contribution in [0.15, 0.2) is 11.6 Å². The third kappa shape index (κ3) is 7.17.